The number of aromatic nitrogens is 2. The lowest BCUT2D eigenvalue weighted by molar-refractivity contribution is 0.100. The molecular weight excluding hydrogens is 352 g/mol. The van der Waals surface area contributed by atoms with E-state index in [4.69, 9.17) is 5.73 Å². The highest BCUT2D eigenvalue weighted by Crippen LogP contribution is 2.27. The van der Waals surface area contributed by atoms with Gasteiger partial charge in [-0.1, -0.05) is 0 Å². The van der Waals surface area contributed by atoms with Crippen molar-refractivity contribution in [1.29, 1.82) is 0 Å². The van der Waals surface area contributed by atoms with Crippen LogP contribution in [0.4, 0.5) is 14.6 Å². The number of dihydropyridines is 1. The van der Waals surface area contributed by atoms with E-state index in [-0.39, 0.29) is 16.8 Å². The molecule has 0 bridgehead atoms. The fourth-order valence-corrected chi connectivity index (χ4v) is 2.89. The van der Waals surface area contributed by atoms with Crippen LogP contribution in [-0.2, 0) is 0 Å². The molecule has 1 amide bonds. The lowest BCUT2D eigenvalue weighted by atomic mass is 9.90. The fraction of sp³-hybridized carbons (Fsp3) is 0.263. The van der Waals surface area contributed by atoms with Crippen molar-refractivity contribution in [2.75, 3.05) is 5.32 Å². The van der Waals surface area contributed by atoms with Gasteiger partial charge in [0.15, 0.2) is 0 Å². The van der Waals surface area contributed by atoms with E-state index in [1.807, 2.05) is 13.8 Å². The first-order valence-corrected chi connectivity index (χ1v) is 8.33. The molecule has 3 rings (SSSR count). The number of anilines is 1. The topological polar surface area (TPSA) is 93.3 Å². The highest BCUT2D eigenvalue weighted by molar-refractivity contribution is 5.94. The third-order valence-corrected chi connectivity index (χ3v) is 4.31. The number of amides is 1. The Hall–Kier alpha value is -3.16. The number of hydrogen-bond acceptors (Lipinski definition) is 5. The third kappa shape index (κ3) is 3.99. The molecule has 2 heterocycles. The van der Waals surface area contributed by atoms with Crippen LogP contribution in [0.25, 0.3) is 11.3 Å². The van der Waals surface area contributed by atoms with Gasteiger partial charge in [-0.3, -0.25) is 9.79 Å². The second kappa shape index (κ2) is 7.22. The van der Waals surface area contributed by atoms with E-state index in [1.165, 1.54) is 18.2 Å². The predicted molar refractivity (Wildman–Crippen MR) is 100.0 cm³/mol. The Labute approximate surface area is 155 Å². The summed E-state index contributed by atoms with van der Waals surface area (Å²) in [6.07, 6.45) is 3.37. The molecule has 27 heavy (non-hydrogen) atoms. The molecule has 0 spiro atoms. The van der Waals surface area contributed by atoms with Gasteiger partial charge in [-0.15, -0.1) is 10.2 Å². The number of rotatable bonds is 5. The molecule has 0 radical (unpaired) electrons. The van der Waals surface area contributed by atoms with E-state index in [1.54, 1.807) is 24.4 Å². The van der Waals surface area contributed by atoms with E-state index in [0.29, 0.717) is 5.82 Å². The highest BCUT2D eigenvalue weighted by atomic mass is 19.1. The Morgan fingerprint density at radius 2 is 2.00 bits per heavy atom. The molecule has 1 aliphatic heterocycles. The van der Waals surface area contributed by atoms with Crippen LogP contribution in [0.5, 0.6) is 0 Å². The van der Waals surface area contributed by atoms with Crippen molar-refractivity contribution in [3.8, 4) is 11.3 Å². The van der Waals surface area contributed by atoms with E-state index < -0.39 is 29.5 Å². The Morgan fingerprint density at radius 1 is 1.22 bits per heavy atom. The second-order valence-electron chi connectivity index (χ2n) is 6.78. The number of alkyl halides is 1. The van der Waals surface area contributed by atoms with Crippen molar-refractivity contribution in [3.05, 3.63) is 53.9 Å². The van der Waals surface area contributed by atoms with Crippen molar-refractivity contribution in [3.63, 3.8) is 0 Å². The molecule has 1 aromatic carbocycles. The zero-order valence-corrected chi connectivity index (χ0v) is 14.9. The standard InChI is InChI=1S/C19H19F2N5O/c1-19(2,17-14(21)4-3-9-23-17)24-16-8-7-15(25-26-16)12-10-11(18(22)27)5-6-13(12)20/h3-10,14,17H,1-2H3,(H2,22,27)(H,24,26). The van der Waals surface area contributed by atoms with Gasteiger partial charge in [0, 0.05) is 17.3 Å². The minimum Gasteiger partial charge on any atom is -0.366 e. The fourth-order valence-electron chi connectivity index (χ4n) is 2.89. The molecule has 140 valence electrons. The van der Waals surface area contributed by atoms with Gasteiger partial charge in [0.05, 0.1) is 11.2 Å². The molecular formula is C19H19F2N5O. The number of hydrogen-bond donors (Lipinski definition) is 2. The summed E-state index contributed by atoms with van der Waals surface area (Å²) in [7, 11) is 0. The molecule has 3 N–H and O–H groups in total. The maximum Gasteiger partial charge on any atom is 0.248 e. The van der Waals surface area contributed by atoms with Crippen LogP contribution in [-0.4, -0.2) is 40.1 Å². The largest absolute Gasteiger partial charge is 0.366 e. The SMILES string of the molecule is CC(C)(Nc1ccc(-c2cc(C(N)=O)ccc2F)nn1)C1N=CC=CC1F. The normalized spacial score (nSPS) is 19.1. The number of nitrogens with two attached hydrogens (primary N) is 1. The molecule has 8 heteroatoms. The van der Waals surface area contributed by atoms with Crippen molar-refractivity contribution in [2.45, 2.75) is 31.6 Å². The summed E-state index contributed by atoms with van der Waals surface area (Å²) < 4.78 is 28.2. The maximum absolute atomic E-state index is 14.1. The third-order valence-electron chi connectivity index (χ3n) is 4.31. The molecule has 0 saturated carbocycles. The Balaban J connectivity index is 1.82. The number of nitrogens with zero attached hydrogens (tertiary/aromatic N) is 3. The summed E-state index contributed by atoms with van der Waals surface area (Å²) in [5.41, 5.74) is 5.05. The average Bonchev–Trinajstić information content (AvgIpc) is 2.62. The van der Waals surface area contributed by atoms with Gasteiger partial charge >= 0.3 is 0 Å². The Kier molecular flexibility index (Phi) is 4.98. The second-order valence-corrected chi connectivity index (χ2v) is 6.78. The van der Waals surface area contributed by atoms with Crippen molar-refractivity contribution < 1.29 is 13.6 Å². The molecule has 0 saturated heterocycles. The van der Waals surface area contributed by atoms with E-state index >= 15 is 0 Å². The first-order valence-electron chi connectivity index (χ1n) is 8.33. The molecule has 0 fully saturated rings. The monoisotopic (exact) mass is 371 g/mol. The number of nitrogens with one attached hydrogen (secondary N) is 1. The molecule has 6 nitrogen and oxygen atoms in total. The number of primary amides is 1. The summed E-state index contributed by atoms with van der Waals surface area (Å²) in [6, 6.07) is 6.34. The van der Waals surface area contributed by atoms with E-state index in [0.717, 1.165) is 6.07 Å². The quantitative estimate of drug-likeness (QED) is 0.845. The number of carbonyl (C=O) groups excluding carboxylic acids is 1. The lowest BCUT2D eigenvalue weighted by Gasteiger charge is -2.35. The summed E-state index contributed by atoms with van der Waals surface area (Å²) in [6.45, 7) is 3.62. The van der Waals surface area contributed by atoms with Gasteiger partial charge in [0.1, 0.15) is 23.8 Å². The van der Waals surface area contributed by atoms with Crippen molar-refractivity contribution >= 4 is 17.9 Å². The minimum absolute atomic E-state index is 0.121. The molecule has 1 aromatic heterocycles. The van der Waals surface area contributed by atoms with Crippen molar-refractivity contribution in [2.24, 2.45) is 10.7 Å². The summed E-state index contributed by atoms with van der Waals surface area (Å²) >= 11 is 0. The van der Waals surface area contributed by atoms with Gasteiger partial charge in [0.25, 0.3) is 0 Å². The van der Waals surface area contributed by atoms with Crippen LogP contribution in [0.3, 0.4) is 0 Å². The van der Waals surface area contributed by atoms with Crippen molar-refractivity contribution in [1.82, 2.24) is 10.2 Å². The number of allylic oxidation sites excluding steroid dienone is 1. The highest BCUT2D eigenvalue weighted by Gasteiger charge is 2.35. The lowest BCUT2D eigenvalue weighted by Crippen LogP contribution is -2.48. The molecule has 2 unspecified atom stereocenters. The number of aliphatic imine (C=N–C) groups is 1. The zero-order chi connectivity index (χ0) is 19.6. The Bertz CT molecular complexity index is 909. The van der Waals surface area contributed by atoms with Crippen LogP contribution >= 0.6 is 0 Å². The van der Waals surface area contributed by atoms with Gasteiger partial charge in [-0.25, -0.2) is 8.78 Å². The molecule has 1 aliphatic rings. The number of benzene rings is 1. The van der Waals surface area contributed by atoms with Gasteiger partial charge in [-0.05, 0) is 56.3 Å². The number of carbonyl (C=O) groups is 1. The molecule has 2 atom stereocenters. The first-order chi connectivity index (χ1) is 12.8. The Morgan fingerprint density at radius 3 is 2.63 bits per heavy atom. The minimum atomic E-state index is -1.21. The first kappa shape index (κ1) is 18.6. The van der Waals surface area contributed by atoms with E-state index in [2.05, 4.69) is 20.5 Å². The van der Waals surface area contributed by atoms with Gasteiger partial charge in [-0.2, -0.15) is 0 Å². The van der Waals surface area contributed by atoms with Crippen LogP contribution < -0.4 is 11.1 Å². The maximum atomic E-state index is 14.1. The smallest absolute Gasteiger partial charge is 0.248 e. The zero-order valence-electron chi connectivity index (χ0n) is 14.9. The molecule has 0 aliphatic carbocycles. The van der Waals surface area contributed by atoms with E-state index in [9.17, 15) is 13.6 Å². The van der Waals surface area contributed by atoms with Crippen LogP contribution in [0.1, 0.15) is 24.2 Å². The summed E-state index contributed by atoms with van der Waals surface area (Å²) in [5, 5.41) is 11.2. The van der Waals surface area contributed by atoms with Gasteiger partial charge < -0.3 is 11.1 Å². The average molecular weight is 371 g/mol. The van der Waals surface area contributed by atoms with Crippen LogP contribution in [0, 0.1) is 5.82 Å². The number of halogens is 2. The summed E-state index contributed by atoms with van der Waals surface area (Å²) in [4.78, 5) is 15.5. The summed E-state index contributed by atoms with van der Waals surface area (Å²) in [5.74, 6) is -0.807. The predicted octanol–water partition coefficient (Wildman–Crippen LogP) is 2.92. The van der Waals surface area contributed by atoms with Crippen LogP contribution in [0.15, 0.2) is 47.5 Å². The van der Waals surface area contributed by atoms with Crippen LogP contribution in [0.2, 0.25) is 0 Å². The molecule has 2 aromatic rings. The van der Waals surface area contributed by atoms with Gasteiger partial charge in [0.2, 0.25) is 5.91 Å².